The van der Waals surface area contributed by atoms with Crippen LogP contribution in [0.25, 0.3) is 0 Å². The third-order valence-electron chi connectivity index (χ3n) is 3.18. The van der Waals surface area contributed by atoms with Crippen molar-refractivity contribution in [3.63, 3.8) is 0 Å². The van der Waals surface area contributed by atoms with Gasteiger partial charge in [-0.15, -0.1) is 11.8 Å². The Hall–Kier alpha value is -2.12. The number of carbonyl (C=O) groups excluding carboxylic acids is 2. The maximum absolute atomic E-state index is 13.5. The quantitative estimate of drug-likeness (QED) is 0.770. The number of hydrogen-bond acceptors (Lipinski definition) is 3. The minimum absolute atomic E-state index is 0.0485. The van der Waals surface area contributed by atoms with Gasteiger partial charge in [-0.25, -0.2) is 8.78 Å². The van der Waals surface area contributed by atoms with Gasteiger partial charge in [0.15, 0.2) is 0 Å². The molecule has 0 aliphatic rings. The van der Waals surface area contributed by atoms with Gasteiger partial charge in [0.1, 0.15) is 11.6 Å². The molecule has 0 heterocycles. The van der Waals surface area contributed by atoms with Crippen molar-refractivity contribution in [3.05, 3.63) is 59.1 Å². The highest BCUT2D eigenvalue weighted by molar-refractivity contribution is 8.00. The van der Waals surface area contributed by atoms with Gasteiger partial charge >= 0.3 is 0 Å². The lowest BCUT2D eigenvalue weighted by molar-refractivity contribution is -0.131. The van der Waals surface area contributed by atoms with Gasteiger partial charge in [-0.05, 0) is 42.5 Å². The van der Waals surface area contributed by atoms with E-state index >= 15 is 0 Å². The van der Waals surface area contributed by atoms with Crippen molar-refractivity contribution in [3.8, 4) is 0 Å². The van der Waals surface area contributed by atoms with Gasteiger partial charge in [-0.2, -0.15) is 0 Å². The fourth-order valence-electron chi connectivity index (χ4n) is 1.87. The molecule has 0 aliphatic carbocycles. The number of thioether (sulfide) groups is 1. The Kier molecular flexibility index (Phi) is 6.78. The molecule has 2 amide bonds. The molecule has 0 fully saturated rings. The van der Waals surface area contributed by atoms with E-state index in [-0.39, 0.29) is 29.0 Å². The molecule has 0 aromatic heterocycles. The predicted octanol–water partition coefficient (Wildman–Crippen LogP) is 3.81. The number of nitrogens with zero attached hydrogens (tertiary/aromatic N) is 1. The van der Waals surface area contributed by atoms with Crippen LogP contribution in [0, 0.1) is 11.6 Å². The summed E-state index contributed by atoms with van der Waals surface area (Å²) in [7, 11) is 1.46. The Morgan fingerprint density at radius 2 is 1.84 bits per heavy atom. The number of rotatable bonds is 6. The summed E-state index contributed by atoms with van der Waals surface area (Å²) >= 11 is 6.64. The Morgan fingerprint density at radius 3 is 2.52 bits per heavy atom. The van der Waals surface area contributed by atoms with E-state index in [2.05, 4.69) is 5.32 Å². The first kappa shape index (κ1) is 19.2. The maximum atomic E-state index is 13.5. The standard InChI is InChI=1S/C17H15ClF2N2O2S/c1-22(9-16(23)21-13-5-2-11(18)3-6-13)17(24)10-25-15-8-12(19)4-7-14(15)20/h2-8H,9-10H2,1H3,(H,21,23). The van der Waals surface area contributed by atoms with Gasteiger partial charge in [-0.3, -0.25) is 9.59 Å². The molecule has 1 N–H and O–H groups in total. The van der Waals surface area contributed by atoms with Gasteiger partial charge < -0.3 is 10.2 Å². The van der Waals surface area contributed by atoms with E-state index in [4.69, 9.17) is 11.6 Å². The smallest absolute Gasteiger partial charge is 0.243 e. The topological polar surface area (TPSA) is 49.4 Å². The van der Waals surface area contributed by atoms with E-state index < -0.39 is 11.6 Å². The summed E-state index contributed by atoms with van der Waals surface area (Å²) in [4.78, 5) is 25.2. The first-order valence-corrected chi connectivity index (χ1v) is 8.59. The second-order valence-electron chi connectivity index (χ2n) is 5.17. The van der Waals surface area contributed by atoms with Crippen LogP contribution >= 0.6 is 23.4 Å². The Balaban J connectivity index is 1.84. The fourth-order valence-corrected chi connectivity index (χ4v) is 2.90. The van der Waals surface area contributed by atoms with Gasteiger partial charge in [0.25, 0.3) is 0 Å². The number of nitrogens with one attached hydrogen (secondary N) is 1. The van der Waals surface area contributed by atoms with Crippen LogP contribution in [-0.2, 0) is 9.59 Å². The zero-order chi connectivity index (χ0) is 18.4. The second-order valence-corrected chi connectivity index (χ2v) is 6.62. The number of carbonyl (C=O) groups is 2. The first-order chi connectivity index (χ1) is 11.8. The minimum Gasteiger partial charge on any atom is -0.336 e. The van der Waals surface area contributed by atoms with Crippen molar-refractivity contribution in [2.45, 2.75) is 4.90 Å². The zero-order valence-corrected chi connectivity index (χ0v) is 14.8. The highest BCUT2D eigenvalue weighted by atomic mass is 35.5. The molecule has 2 aromatic carbocycles. The van der Waals surface area contributed by atoms with Crippen molar-refractivity contribution in [2.24, 2.45) is 0 Å². The van der Waals surface area contributed by atoms with E-state index in [0.717, 1.165) is 30.0 Å². The average Bonchev–Trinajstić information content (AvgIpc) is 2.57. The SMILES string of the molecule is CN(CC(=O)Nc1ccc(Cl)cc1)C(=O)CSc1cc(F)ccc1F. The maximum Gasteiger partial charge on any atom is 0.243 e. The van der Waals surface area contributed by atoms with Crippen molar-refractivity contribution in [1.29, 1.82) is 0 Å². The third-order valence-corrected chi connectivity index (χ3v) is 4.45. The van der Waals surface area contributed by atoms with Crippen molar-refractivity contribution in [1.82, 2.24) is 4.90 Å². The van der Waals surface area contributed by atoms with Crippen LogP contribution in [0.3, 0.4) is 0 Å². The molecule has 0 saturated heterocycles. The molecule has 0 bridgehead atoms. The predicted molar refractivity (Wildman–Crippen MR) is 94.8 cm³/mol. The Bertz CT molecular complexity index is 772. The number of benzene rings is 2. The Morgan fingerprint density at radius 1 is 1.16 bits per heavy atom. The van der Waals surface area contributed by atoms with Crippen LogP contribution < -0.4 is 5.32 Å². The van der Waals surface area contributed by atoms with E-state index in [1.54, 1.807) is 24.3 Å². The number of anilines is 1. The lowest BCUT2D eigenvalue weighted by atomic mass is 10.3. The van der Waals surface area contributed by atoms with Gasteiger partial charge in [0, 0.05) is 22.7 Å². The molecule has 0 radical (unpaired) electrons. The highest BCUT2D eigenvalue weighted by Crippen LogP contribution is 2.22. The number of hydrogen-bond donors (Lipinski definition) is 1. The van der Waals surface area contributed by atoms with E-state index in [1.165, 1.54) is 11.9 Å². The molecule has 4 nitrogen and oxygen atoms in total. The summed E-state index contributed by atoms with van der Waals surface area (Å²) in [5.74, 6) is -2.03. The first-order valence-electron chi connectivity index (χ1n) is 7.22. The van der Waals surface area contributed by atoms with E-state index in [0.29, 0.717) is 10.7 Å². The van der Waals surface area contributed by atoms with E-state index in [9.17, 15) is 18.4 Å². The number of halogens is 3. The van der Waals surface area contributed by atoms with Crippen molar-refractivity contribution in [2.75, 3.05) is 24.7 Å². The minimum atomic E-state index is -0.595. The molecule has 132 valence electrons. The fraction of sp³-hybridized carbons (Fsp3) is 0.176. The normalized spacial score (nSPS) is 10.4. The van der Waals surface area contributed by atoms with E-state index in [1.807, 2.05) is 0 Å². The van der Waals surface area contributed by atoms with Gasteiger partial charge in [0.2, 0.25) is 11.8 Å². The van der Waals surface area contributed by atoms with Crippen LogP contribution in [0.1, 0.15) is 0 Å². The molecule has 0 atom stereocenters. The molecule has 0 spiro atoms. The number of amides is 2. The lowest BCUT2D eigenvalue weighted by Crippen LogP contribution is -2.35. The average molecular weight is 385 g/mol. The van der Waals surface area contributed by atoms with Crippen LogP contribution in [0.2, 0.25) is 5.02 Å². The molecule has 2 rings (SSSR count). The summed E-state index contributed by atoms with van der Waals surface area (Å²) < 4.78 is 26.6. The molecule has 0 saturated carbocycles. The van der Waals surface area contributed by atoms with Crippen LogP contribution in [-0.4, -0.2) is 36.1 Å². The summed E-state index contributed by atoms with van der Waals surface area (Å²) in [6.45, 7) is -0.159. The lowest BCUT2D eigenvalue weighted by Gasteiger charge is -2.16. The molecular weight excluding hydrogens is 370 g/mol. The highest BCUT2D eigenvalue weighted by Gasteiger charge is 2.15. The largest absolute Gasteiger partial charge is 0.336 e. The third kappa shape index (κ3) is 6.03. The van der Waals surface area contributed by atoms with Gasteiger partial charge in [-0.1, -0.05) is 11.6 Å². The molecule has 0 aliphatic heterocycles. The summed E-state index contributed by atoms with van der Waals surface area (Å²) in [6.07, 6.45) is 0. The summed E-state index contributed by atoms with van der Waals surface area (Å²) in [5.41, 5.74) is 0.562. The number of likely N-dealkylation sites (N-methyl/N-ethyl adjacent to an activating group) is 1. The Labute approximate surface area is 153 Å². The molecule has 2 aromatic rings. The molecule has 0 unspecified atom stereocenters. The van der Waals surface area contributed by atoms with Crippen molar-refractivity contribution < 1.29 is 18.4 Å². The van der Waals surface area contributed by atoms with Crippen molar-refractivity contribution >= 4 is 40.9 Å². The summed E-state index contributed by atoms with van der Waals surface area (Å²) in [6, 6.07) is 9.60. The molecule has 8 heteroatoms. The zero-order valence-electron chi connectivity index (χ0n) is 13.3. The monoisotopic (exact) mass is 384 g/mol. The second kappa shape index (κ2) is 8.82. The van der Waals surface area contributed by atoms with Gasteiger partial charge in [0.05, 0.1) is 12.3 Å². The van der Waals surface area contributed by atoms with Crippen LogP contribution in [0.4, 0.5) is 14.5 Å². The van der Waals surface area contributed by atoms with Crippen LogP contribution in [0.5, 0.6) is 0 Å². The molecular formula is C17H15ClF2N2O2S. The molecule has 25 heavy (non-hydrogen) atoms. The summed E-state index contributed by atoms with van der Waals surface area (Å²) in [5, 5.41) is 3.19. The van der Waals surface area contributed by atoms with Crippen LogP contribution in [0.15, 0.2) is 47.4 Å².